The minimum Gasteiger partial charge on any atom is -0.451 e. The fourth-order valence-corrected chi connectivity index (χ4v) is 3.24. The van der Waals surface area contributed by atoms with Crippen LogP contribution in [0.5, 0.6) is 0 Å². The molecule has 1 aliphatic heterocycles. The summed E-state index contributed by atoms with van der Waals surface area (Å²) in [6.45, 7) is 5.48. The van der Waals surface area contributed by atoms with Crippen molar-refractivity contribution in [3.05, 3.63) is 21.4 Å². The number of aryl methyl sites for hydroxylation is 2. The highest BCUT2D eigenvalue weighted by molar-refractivity contribution is 7.14. The Kier molecular flexibility index (Phi) is 4.58. The molecule has 1 saturated heterocycles. The summed E-state index contributed by atoms with van der Waals surface area (Å²) < 4.78 is 5.10. The highest BCUT2D eigenvalue weighted by atomic mass is 32.1. The molecule has 1 amide bonds. The minimum absolute atomic E-state index is 0.0881. The zero-order chi connectivity index (χ0) is 13.8. The molecule has 0 spiro atoms. The number of carbonyl (C=O) groups is 2. The van der Waals surface area contributed by atoms with Crippen LogP contribution in [-0.4, -0.2) is 36.5 Å². The number of hydrogen-bond acceptors (Lipinski definition) is 4. The predicted octanol–water partition coefficient (Wildman–Crippen LogP) is 2.40. The van der Waals surface area contributed by atoms with E-state index in [-0.39, 0.29) is 18.5 Å². The molecule has 0 saturated carbocycles. The average Bonchev–Trinajstić information content (AvgIpc) is 3.04. The molecular formula is C14H19NO3S. The lowest BCUT2D eigenvalue weighted by Crippen LogP contribution is -2.31. The van der Waals surface area contributed by atoms with Gasteiger partial charge in [0.25, 0.3) is 5.91 Å². The Hall–Kier alpha value is -1.36. The van der Waals surface area contributed by atoms with E-state index in [0.717, 1.165) is 37.9 Å². The first-order chi connectivity index (χ1) is 9.11. The van der Waals surface area contributed by atoms with Crippen molar-refractivity contribution in [2.24, 2.45) is 0 Å². The Balaban J connectivity index is 1.88. The molecule has 104 valence electrons. The SMILES string of the molecule is CCc1sc(C(=O)OCC(=O)N2CCCC2)cc1C. The molecule has 0 N–H and O–H groups in total. The van der Waals surface area contributed by atoms with Gasteiger partial charge in [-0.15, -0.1) is 11.3 Å². The molecule has 1 aliphatic rings. The van der Waals surface area contributed by atoms with E-state index in [0.29, 0.717) is 4.88 Å². The molecule has 1 aromatic rings. The summed E-state index contributed by atoms with van der Waals surface area (Å²) in [6.07, 6.45) is 3.00. The number of ether oxygens (including phenoxy) is 1. The number of thiophene rings is 1. The molecule has 19 heavy (non-hydrogen) atoms. The smallest absolute Gasteiger partial charge is 0.348 e. The Morgan fingerprint density at radius 3 is 2.63 bits per heavy atom. The molecule has 0 radical (unpaired) electrons. The summed E-state index contributed by atoms with van der Waals surface area (Å²) in [5, 5.41) is 0. The van der Waals surface area contributed by atoms with Gasteiger partial charge in [-0.3, -0.25) is 4.79 Å². The van der Waals surface area contributed by atoms with Crippen LogP contribution < -0.4 is 0 Å². The summed E-state index contributed by atoms with van der Waals surface area (Å²) in [7, 11) is 0. The normalized spacial score (nSPS) is 14.7. The lowest BCUT2D eigenvalue weighted by Gasteiger charge is -2.14. The van der Waals surface area contributed by atoms with Crippen LogP contribution in [0.2, 0.25) is 0 Å². The van der Waals surface area contributed by atoms with Crippen molar-refractivity contribution in [1.29, 1.82) is 0 Å². The molecule has 2 rings (SSSR count). The maximum absolute atomic E-state index is 11.9. The van der Waals surface area contributed by atoms with Crippen molar-refractivity contribution in [3.8, 4) is 0 Å². The highest BCUT2D eigenvalue weighted by Crippen LogP contribution is 2.23. The first-order valence-corrected chi connectivity index (χ1v) is 7.47. The number of hydrogen-bond donors (Lipinski definition) is 0. The van der Waals surface area contributed by atoms with Crippen LogP contribution in [0.3, 0.4) is 0 Å². The number of nitrogens with zero attached hydrogens (tertiary/aromatic N) is 1. The molecule has 1 fully saturated rings. The first kappa shape index (κ1) is 14.1. The fourth-order valence-electron chi connectivity index (χ4n) is 2.23. The fraction of sp³-hybridized carbons (Fsp3) is 0.571. The predicted molar refractivity (Wildman–Crippen MR) is 74.5 cm³/mol. The van der Waals surface area contributed by atoms with Gasteiger partial charge in [0.2, 0.25) is 0 Å². The molecule has 0 aromatic carbocycles. The number of rotatable bonds is 4. The quantitative estimate of drug-likeness (QED) is 0.796. The van der Waals surface area contributed by atoms with Crippen molar-refractivity contribution in [2.75, 3.05) is 19.7 Å². The number of likely N-dealkylation sites (tertiary alicyclic amines) is 1. The summed E-state index contributed by atoms with van der Waals surface area (Å²) in [4.78, 5) is 27.2. The maximum atomic E-state index is 11.9. The van der Waals surface area contributed by atoms with Crippen molar-refractivity contribution in [2.45, 2.75) is 33.1 Å². The van der Waals surface area contributed by atoms with Crippen LogP contribution >= 0.6 is 11.3 Å². The molecule has 4 nitrogen and oxygen atoms in total. The van der Waals surface area contributed by atoms with E-state index >= 15 is 0 Å². The molecule has 2 heterocycles. The van der Waals surface area contributed by atoms with Crippen LogP contribution in [0, 0.1) is 6.92 Å². The van der Waals surface area contributed by atoms with E-state index in [4.69, 9.17) is 4.74 Å². The Labute approximate surface area is 117 Å². The zero-order valence-corrected chi connectivity index (χ0v) is 12.2. The summed E-state index contributed by atoms with van der Waals surface area (Å²) in [6, 6.07) is 1.84. The molecule has 0 aliphatic carbocycles. The molecule has 0 atom stereocenters. The first-order valence-electron chi connectivity index (χ1n) is 6.66. The van der Waals surface area contributed by atoms with Gasteiger partial charge in [-0.2, -0.15) is 0 Å². The second kappa shape index (κ2) is 6.19. The number of amides is 1. The number of esters is 1. The summed E-state index contributed by atoms with van der Waals surface area (Å²) >= 11 is 1.45. The van der Waals surface area contributed by atoms with Crippen molar-refractivity contribution < 1.29 is 14.3 Å². The number of carbonyl (C=O) groups excluding carboxylic acids is 2. The largest absolute Gasteiger partial charge is 0.451 e. The molecular weight excluding hydrogens is 262 g/mol. The average molecular weight is 281 g/mol. The van der Waals surface area contributed by atoms with Crippen LogP contribution in [0.25, 0.3) is 0 Å². The van der Waals surface area contributed by atoms with Gasteiger partial charge in [0.1, 0.15) is 4.88 Å². The second-order valence-corrected chi connectivity index (χ2v) is 5.87. The van der Waals surface area contributed by atoms with Crippen LogP contribution in [0.15, 0.2) is 6.07 Å². The van der Waals surface area contributed by atoms with Gasteiger partial charge in [-0.25, -0.2) is 4.79 Å². The van der Waals surface area contributed by atoms with Gasteiger partial charge >= 0.3 is 5.97 Å². The van der Waals surface area contributed by atoms with Gasteiger partial charge in [0, 0.05) is 18.0 Å². The lowest BCUT2D eigenvalue weighted by atomic mass is 10.2. The standard InChI is InChI=1S/C14H19NO3S/c1-3-11-10(2)8-12(19-11)14(17)18-9-13(16)15-6-4-5-7-15/h8H,3-7,9H2,1-2H3. The van der Waals surface area contributed by atoms with E-state index in [9.17, 15) is 9.59 Å². The van der Waals surface area contributed by atoms with Crippen LogP contribution in [-0.2, 0) is 16.0 Å². The Morgan fingerprint density at radius 2 is 2.05 bits per heavy atom. The topological polar surface area (TPSA) is 46.6 Å². The Morgan fingerprint density at radius 1 is 1.37 bits per heavy atom. The summed E-state index contributed by atoms with van der Waals surface area (Å²) in [5.41, 5.74) is 1.12. The highest BCUT2D eigenvalue weighted by Gasteiger charge is 2.20. The van der Waals surface area contributed by atoms with E-state index < -0.39 is 0 Å². The van der Waals surface area contributed by atoms with Gasteiger partial charge in [-0.1, -0.05) is 6.92 Å². The minimum atomic E-state index is -0.389. The third-order valence-electron chi connectivity index (χ3n) is 3.33. The Bertz CT molecular complexity index is 475. The van der Waals surface area contributed by atoms with E-state index in [2.05, 4.69) is 6.92 Å². The van der Waals surface area contributed by atoms with Crippen molar-refractivity contribution in [1.82, 2.24) is 4.90 Å². The monoisotopic (exact) mass is 281 g/mol. The van der Waals surface area contributed by atoms with Gasteiger partial charge in [-0.05, 0) is 37.8 Å². The van der Waals surface area contributed by atoms with Gasteiger partial charge in [0.15, 0.2) is 6.61 Å². The second-order valence-electron chi connectivity index (χ2n) is 4.73. The van der Waals surface area contributed by atoms with E-state index in [1.54, 1.807) is 4.90 Å². The van der Waals surface area contributed by atoms with Gasteiger partial charge in [0.05, 0.1) is 0 Å². The maximum Gasteiger partial charge on any atom is 0.348 e. The van der Waals surface area contributed by atoms with Crippen molar-refractivity contribution >= 4 is 23.2 Å². The van der Waals surface area contributed by atoms with E-state index in [1.807, 2.05) is 13.0 Å². The molecule has 5 heteroatoms. The summed E-state index contributed by atoms with van der Waals surface area (Å²) in [5.74, 6) is -0.477. The molecule has 0 unspecified atom stereocenters. The third-order valence-corrected chi connectivity index (χ3v) is 4.69. The van der Waals surface area contributed by atoms with Crippen molar-refractivity contribution in [3.63, 3.8) is 0 Å². The molecule has 1 aromatic heterocycles. The van der Waals surface area contributed by atoms with Gasteiger partial charge < -0.3 is 9.64 Å². The van der Waals surface area contributed by atoms with Crippen LogP contribution in [0.1, 0.15) is 39.9 Å². The van der Waals surface area contributed by atoms with Crippen LogP contribution in [0.4, 0.5) is 0 Å². The zero-order valence-electron chi connectivity index (χ0n) is 11.4. The third kappa shape index (κ3) is 3.35. The molecule has 0 bridgehead atoms. The van der Waals surface area contributed by atoms with E-state index in [1.165, 1.54) is 16.2 Å². The lowest BCUT2D eigenvalue weighted by molar-refractivity contribution is -0.133.